The summed E-state index contributed by atoms with van der Waals surface area (Å²) in [6.07, 6.45) is 2.20. The Bertz CT molecular complexity index is 1480. The Morgan fingerprint density at radius 2 is 1.50 bits per heavy atom. The van der Waals surface area contributed by atoms with Gasteiger partial charge in [0.15, 0.2) is 0 Å². The van der Waals surface area contributed by atoms with E-state index in [0.29, 0.717) is 24.7 Å². The summed E-state index contributed by atoms with van der Waals surface area (Å²) in [6.45, 7) is 4.59. The Hall–Kier alpha value is -4.43. The molecule has 0 fully saturated rings. The summed E-state index contributed by atoms with van der Waals surface area (Å²) in [4.78, 5) is 9.54. The lowest BCUT2D eigenvalue weighted by atomic mass is 9.98. The summed E-state index contributed by atoms with van der Waals surface area (Å²) in [5, 5.41) is 23.9. The van der Waals surface area contributed by atoms with Crippen LogP contribution in [0.2, 0.25) is 0 Å². The zero-order chi connectivity index (χ0) is 26.3. The lowest BCUT2D eigenvalue weighted by Crippen LogP contribution is -2.09. The fraction of sp³-hybridized carbons (Fsp3) is 0.233. The van der Waals surface area contributed by atoms with Gasteiger partial charge in [0, 0.05) is 24.0 Å². The minimum atomic E-state index is 0.0324. The number of aliphatic hydroxyl groups is 1. The number of aromatic nitrogens is 6. The van der Waals surface area contributed by atoms with Crippen LogP contribution in [0.5, 0.6) is 5.88 Å². The number of aliphatic hydroxyl groups excluding tert-OH is 1. The van der Waals surface area contributed by atoms with Crippen molar-refractivity contribution < 1.29 is 9.84 Å². The van der Waals surface area contributed by atoms with Crippen molar-refractivity contribution in [3.8, 4) is 28.4 Å². The smallest absolute Gasteiger partial charge is 0.220 e. The topological polar surface area (TPSA) is 110 Å². The molecule has 0 saturated carbocycles. The number of benzene rings is 3. The maximum atomic E-state index is 9.37. The molecule has 3 aromatic carbocycles. The first-order chi connectivity index (χ1) is 18.7. The van der Waals surface area contributed by atoms with E-state index >= 15 is 0 Å². The molecule has 0 radical (unpaired) electrons. The van der Waals surface area contributed by atoms with E-state index in [-0.39, 0.29) is 6.61 Å². The highest BCUT2D eigenvalue weighted by Crippen LogP contribution is 2.30. The second-order valence-corrected chi connectivity index (χ2v) is 9.00. The summed E-state index contributed by atoms with van der Waals surface area (Å²) >= 11 is 0. The fourth-order valence-electron chi connectivity index (χ4n) is 4.41. The molecule has 192 valence electrons. The largest absolute Gasteiger partial charge is 0.472 e. The number of aryl methyl sites for hydroxylation is 2. The van der Waals surface area contributed by atoms with Crippen LogP contribution < -0.4 is 4.74 Å². The van der Waals surface area contributed by atoms with Gasteiger partial charge in [-0.2, -0.15) is 10.2 Å². The fourth-order valence-corrected chi connectivity index (χ4v) is 4.41. The van der Waals surface area contributed by atoms with Gasteiger partial charge >= 0.3 is 0 Å². The molecule has 38 heavy (non-hydrogen) atoms. The molecule has 0 aliphatic rings. The van der Waals surface area contributed by atoms with Crippen LogP contribution in [0.1, 0.15) is 47.6 Å². The van der Waals surface area contributed by atoms with Crippen LogP contribution in [-0.4, -0.2) is 35.7 Å². The third-order valence-electron chi connectivity index (χ3n) is 6.49. The number of rotatable bonds is 10. The van der Waals surface area contributed by atoms with Gasteiger partial charge in [-0.25, -0.2) is 4.98 Å². The van der Waals surface area contributed by atoms with Crippen LogP contribution >= 0.6 is 0 Å². The molecule has 8 heteroatoms. The summed E-state index contributed by atoms with van der Waals surface area (Å²) in [5.41, 5.74) is 8.08. The molecule has 8 nitrogen and oxygen atoms in total. The average Bonchev–Trinajstić information content (AvgIpc) is 3.52. The minimum Gasteiger partial charge on any atom is -0.472 e. The monoisotopic (exact) mass is 506 g/mol. The third-order valence-corrected chi connectivity index (χ3v) is 6.49. The Morgan fingerprint density at radius 3 is 2.16 bits per heavy atom. The molecular weight excluding hydrogens is 476 g/mol. The second-order valence-electron chi connectivity index (χ2n) is 9.00. The van der Waals surface area contributed by atoms with Crippen molar-refractivity contribution in [1.82, 2.24) is 30.6 Å². The zero-order valence-corrected chi connectivity index (χ0v) is 21.6. The molecule has 5 aromatic rings. The van der Waals surface area contributed by atoms with Gasteiger partial charge < -0.3 is 9.84 Å². The van der Waals surface area contributed by atoms with Crippen LogP contribution in [0.3, 0.4) is 0 Å². The van der Waals surface area contributed by atoms with Crippen molar-refractivity contribution in [1.29, 1.82) is 0 Å². The van der Waals surface area contributed by atoms with Crippen LogP contribution in [0.4, 0.5) is 0 Å². The Morgan fingerprint density at radius 1 is 0.789 bits per heavy atom. The quantitative estimate of drug-likeness (QED) is 0.271. The highest BCUT2D eigenvalue weighted by atomic mass is 16.5. The van der Waals surface area contributed by atoms with Crippen molar-refractivity contribution in [2.45, 2.75) is 46.3 Å². The number of nitrogens with one attached hydrogen (secondary N) is 1. The standard InChI is InChI=1S/C30H30N6O2/c1-3-27-26(17-20-9-11-21(18-37)12-10-20)30(32-28(4-2)31-27)38-19-22-13-15-23(16-14-22)24-7-5-6-8-25(24)29-33-35-36-34-29/h5-16,37H,3-4,17-19H2,1-2H3,(H,33,34,35,36). The lowest BCUT2D eigenvalue weighted by molar-refractivity contribution is 0.282. The van der Waals surface area contributed by atoms with E-state index in [0.717, 1.165) is 63.3 Å². The third kappa shape index (κ3) is 5.60. The van der Waals surface area contributed by atoms with Crippen molar-refractivity contribution in [2.24, 2.45) is 0 Å². The number of nitrogens with zero attached hydrogens (tertiary/aromatic N) is 5. The van der Waals surface area contributed by atoms with Gasteiger partial charge in [-0.3, -0.25) is 0 Å². The van der Waals surface area contributed by atoms with Gasteiger partial charge in [0.05, 0.1) is 12.3 Å². The molecule has 0 aliphatic carbocycles. The molecule has 2 aromatic heterocycles. The molecule has 2 N–H and O–H groups in total. The van der Waals surface area contributed by atoms with E-state index in [4.69, 9.17) is 14.7 Å². The molecule has 0 spiro atoms. The number of tetrazole rings is 1. The van der Waals surface area contributed by atoms with E-state index in [1.807, 2.05) is 42.5 Å². The highest BCUT2D eigenvalue weighted by molar-refractivity contribution is 5.80. The van der Waals surface area contributed by atoms with Crippen molar-refractivity contribution in [3.05, 3.63) is 107 Å². The van der Waals surface area contributed by atoms with Gasteiger partial charge in [-0.15, -0.1) is 10.2 Å². The van der Waals surface area contributed by atoms with Crippen LogP contribution in [0.25, 0.3) is 22.5 Å². The molecular formula is C30H30N6O2. The lowest BCUT2D eigenvalue weighted by Gasteiger charge is -2.16. The molecule has 0 bridgehead atoms. The summed E-state index contributed by atoms with van der Waals surface area (Å²) in [5.74, 6) is 1.98. The van der Waals surface area contributed by atoms with Crippen molar-refractivity contribution in [2.75, 3.05) is 0 Å². The molecule has 0 atom stereocenters. The van der Waals surface area contributed by atoms with Crippen molar-refractivity contribution in [3.63, 3.8) is 0 Å². The first-order valence-electron chi connectivity index (χ1n) is 12.8. The molecule has 0 aliphatic heterocycles. The summed E-state index contributed by atoms with van der Waals surface area (Å²) < 4.78 is 6.33. The predicted octanol–water partition coefficient (Wildman–Crippen LogP) is 5.11. The maximum absolute atomic E-state index is 9.37. The molecule has 0 unspecified atom stereocenters. The van der Waals surface area contributed by atoms with E-state index in [1.54, 1.807) is 0 Å². The number of aromatic amines is 1. The maximum Gasteiger partial charge on any atom is 0.220 e. The number of H-pyrrole nitrogens is 1. The molecule has 0 amide bonds. The van der Waals surface area contributed by atoms with Gasteiger partial charge in [-0.05, 0) is 39.5 Å². The Labute approximate surface area is 221 Å². The van der Waals surface area contributed by atoms with E-state index in [1.165, 1.54) is 0 Å². The van der Waals surface area contributed by atoms with Gasteiger partial charge in [0.1, 0.15) is 12.4 Å². The van der Waals surface area contributed by atoms with Gasteiger partial charge in [0.25, 0.3) is 0 Å². The second kappa shape index (κ2) is 11.7. The van der Waals surface area contributed by atoms with Crippen LogP contribution in [0, 0.1) is 0 Å². The molecule has 5 rings (SSSR count). The Balaban J connectivity index is 1.38. The SMILES string of the molecule is CCc1nc(CC)c(Cc2ccc(CO)cc2)c(OCc2ccc(-c3ccccc3-c3nn[nH]n3)cc2)n1. The Kier molecular flexibility index (Phi) is 7.80. The minimum absolute atomic E-state index is 0.0324. The highest BCUT2D eigenvalue weighted by Gasteiger charge is 2.16. The van der Waals surface area contributed by atoms with E-state index in [9.17, 15) is 5.11 Å². The first-order valence-corrected chi connectivity index (χ1v) is 12.8. The van der Waals surface area contributed by atoms with Gasteiger partial charge in [-0.1, -0.05) is 86.6 Å². The summed E-state index contributed by atoms with van der Waals surface area (Å²) in [6, 6.07) is 24.3. The number of hydrogen-bond acceptors (Lipinski definition) is 7. The van der Waals surface area contributed by atoms with Crippen LogP contribution in [0.15, 0.2) is 72.8 Å². The molecule has 2 heterocycles. The average molecular weight is 507 g/mol. The number of hydrogen-bond donors (Lipinski definition) is 2. The van der Waals surface area contributed by atoms with Crippen LogP contribution in [-0.2, 0) is 32.5 Å². The zero-order valence-electron chi connectivity index (χ0n) is 21.6. The van der Waals surface area contributed by atoms with E-state index < -0.39 is 0 Å². The van der Waals surface area contributed by atoms with Gasteiger partial charge in [0.2, 0.25) is 11.7 Å². The normalized spacial score (nSPS) is 11.0. The summed E-state index contributed by atoms with van der Waals surface area (Å²) in [7, 11) is 0. The van der Waals surface area contributed by atoms with Crippen molar-refractivity contribution >= 4 is 0 Å². The molecule has 0 saturated heterocycles. The first kappa shape index (κ1) is 25.2. The predicted molar refractivity (Wildman–Crippen MR) is 145 cm³/mol. The number of ether oxygens (including phenoxy) is 1. The van der Waals surface area contributed by atoms with E-state index in [2.05, 4.69) is 64.8 Å².